The average Bonchev–Trinajstić information content (AvgIpc) is 2.48. The van der Waals surface area contributed by atoms with Crippen molar-refractivity contribution in [3.63, 3.8) is 0 Å². The molecule has 1 N–H and O–H groups in total. The maximum atomic E-state index is 11.5. The van der Waals surface area contributed by atoms with Gasteiger partial charge in [0.05, 0.1) is 6.21 Å². The van der Waals surface area contributed by atoms with Crippen molar-refractivity contribution in [3.8, 4) is 0 Å². The Morgan fingerprint density at radius 2 is 1.75 bits per heavy atom. The summed E-state index contributed by atoms with van der Waals surface area (Å²) in [5, 5.41) is 4.44. The van der Waals surface area contributed by atoms with Gasteiger partial charge in [-0.15, -0.1) is 0 Å². The molecule has 2 aromatic rings. The van der Waals surface area contributed by atoms with E-state index in [9.17, 15) is 4.79 Å². The molecule has 2 rings (SSSR count). The highest BCUT2D eigenvalue weighted by molar-refractivity contribution is 6.33. The molecule has 0 aromatic heterocycles. The Morgan fingerprint density at radius 3 is 2.50 bits per heavy atom. The lowest BCUT2D eigenvalue weighted by atomic mass is 10.2. The third-order valence-electron chi connectivity index (χ3n) is 2.51. The largest absolute Gasteiger partial charge is 0.268 e. The molecule has 4 heteroatoms. The number of amides is 1. The van der Waals surface area contributed by atoms with Crippen LogP contribution in [0.25, 0.3) is 6.08 Å². The minimum atomic E-state index is -0.294. The number of nitrogens with one attached hydrogen (secondary N) is 1. The fourth-order valence-electron chi connectivity index (χ4n) is 1.52. The van der Waals surface area contributed by atoms with Gasteiger partial charge in [-0.3, -0.25) is 4.79 Å². The molecule has 0 spiro atoms. The Bertz CT molecular complexity index is 636. The molecule has 0 aliphatic rings. The van der Waals surface area contributed by atoms with Gasteiger partial charge in [-0.2, -0.15) is 5.10 Å². The molecule has 2 aromatic carbocycles. The van der Waals surface area contributed by atoms with E-state index in [4.69, 9.17) is 11.6 Å². The molecule has 100 valence electrons. The van der Waals surface area contributed by atoms with Crippen LogP contribution < -0.4 is 5.43 Å². The molecule has 0 aliphatic carbocycles. The summed E-state index contributed by atoms with van der Waals surface area (Å²) >= 11 is 5.96. The minimum Gasteiger partial charge on any atom is -0.268 e. The number of hydrazone groups is 1. The topological polar surface area (TPSA) is 41.5 Å². The summed E-state index contributed by atoms with van der Waals surface area (Å²) in [6.07, 6.45) is 4.66. The molecular weight excluding hydrogens is 272 g/mol. The molecule has 0 aliphatic heterocycles. The highest BCUT2D eigenvalue weighted by Gasteiger charge is 1.95. The molecule has 0 unspecified atom stereocenters. The summed E-state index contributed by atoms with van der Waals surface area (Å²) in [6.45, 7) is 0. The predicted octanol–water partition coefficient (Wildman–Crippen LogP) is 3.50. The lowest BCUT2D eigenvalue weighted by molar-refractivity contribution is -0.116. The van der Waals surface area contributed by atoms with Crippen LogP contribution >= 0.6 is 11.6 Å². The molecular formula is C16H13ClN2O. The lowest BCUT2D eigenvalue weighted by Crippen LogP contribution is -2.14. The predicted molar refractivity (Wildman–Crippen MR) is 82.7 cm³/mol. The van der Waals surface area contributed by atoms with Gasteiger partial charge in [0.25, 0.3) is 5.91 Å². The summed E-state index contributed by atoms with van der Waals surface area (Å²) in [5.74, 6) is -0.294. The summed E-state index contributed by atoms with van der Waals surface area (Å²) < 4.78 is 0. The SMILES string of the molecule is O=C(/C=C/c1ccccc1)NN=Cc1ccccc1Cl. The number of hydrogen-bond donors (Lipinski definition) is 1. The van der Waals surface area contributed by atoms with Crippen molar-refractivity contribution in [2.45, 2.75) is 0 Å². The van der Waals surface area contributed by atoms with Crippen molar-refractivity contribution >= 4 is 29.8 Å². The fraction of sp³-hybridized carbons (Fsp3) is 0. The Morgan fingerprint density at radius 1 is 1.05 bits per heavy atom. The van der Waals surface area contributed by atoms with Crippen molar-refractivity contribution in [2.75, 3.05) is 0 Å². The van der Waals surface area contributed by atoms with Gasteiger partial charge < -0.3 is 0 Å². The van der Waals surface area contributed by atoms with Crippen LogP contribution in [-0.2, 0) is 4.79 Å². The molecule has 1 amide bonds. The van der Waals surface area contributed by atoms with E-state index in [1.165, 1.54) is 12.3 Å². The average molecular weight is 285 g/mol. The van der Waals surface area contributed by atoms with Crippen molar-refractivity contribution in [2.24, 2.45) is 5.10 Å². The van der Waals surface area contributed by atoms with Crippen LogP contribution in [0.3, 0.4) is 0 Å². The fourth-order valence-corrected chi connectivity index (χ4v) is 1.70. The highest BCUT2D eigenvalue weighted by Crippen LogP contribution is 2.11. The van der Waals surface area contributed by atoms with Crippen LogP contribution in [0.15, 0.2) is 65.8 Å². The highest BCUT2D eigenvalue weighted by atomic mass is 35.5. The standard InChI is InChI=1S/C16H13ClN2O/c17-15-9-5-4-8-14(15)12-18-19-16(20)11-10-13-6-2-1-3-7-13/h1-12H,(H,19,20)/b11-10+,18-12?. The first-order valence-electron chi connectivity index (χ1n) is 6.06. The molecule has 0 saturated heterocycles. The first-order valence-corrected chi connectivity index (χ1v) is 6.44. The maximum Gasteiger partial charge on any atom is 0.264 e. The third-order valence-corrected chi connectivity index (χ3v) is 2.85. The zero-order valence-corrected chi connectivity index (χ0v) is 11.4. The van der Waals surface area contributed by atoms with E-state index in [0.717, 1.165) is 11.1 Å². The second-order valence-corrected chi connectivity index (χ2v) is 4.41. The van der Waals surface area contributed by atoms with E-state index >= 15 is 0 Å². The number of hydrogen-bond acceptors (Lipinski definition) is 2. The zero-order chi connectivity index (χ0) is 14.2. The monoisotopic (exact) mass is 284 g/mol. The maximum absolute atomic E-state index is 11.5. The van der Waals surface area contributed by atoms with Crippen LogP contribution in [0.5, 0.6) is 0 Å². The normalized spacial score (nSPS) is 11.1. The van der Waals surface area contributed by atoms with Crippen molar-refractivity contribution in [1.82, 2.24) is 5.43 Å². The molecule has 0 bridgehead atoms. The van der Waals surface area contributed by atoms with Crippen LogP contribution in [0.4, 0.5) is 0 Å². The Balaban J connectivity index is 1.90. The zero-order valence-electron chi connectivity index (χ0n) is 10.7. The molecule has 0 heterocycles. The van der Waals surface area contributed by atoms with Crippen molar-refractivity contribution in [3.05, 3.63) is 76.8 Å². The molecule has 0 radical (unpaired) electrons. The van der Waals surface area contributed by atoms with E-state index in [1.54, 1.807) is 12.1 Å². The number of rotatable bonds is 4. The summed E-state index contributed by atoms with van der Waals surface area (Å²) in [4.78, 5) is 11.5. The van der Waals surface area contributed by atoms with Gasteiger partial charge in [-0.1, -0.05) is 60.1 Å². The van der Waals surface area contributed by atoms with Crippen LogP contribution in [0.2, 0.25) is 5.02 Å². The Kier molecular flexibility index (Phi) is 5.09. The van der Waals surface area contributed by atoms with Crippen LogP contribution in [0.1, 0.15) is 11.1 Å². The van der Waals surface area contributed by atoms with Gasteiger partial charge in [0.2, 0.25) is 0 Å². The van der Waals surface area contributed by atoms with Gasteiger partial charge >= 0.3 is 0 Å². The molecule has 0 atom stereocenters. The summed E-state index contributed by atoms with van der Waals surface area (Å²) in [5.41, 5.74) is 4.12. The van der Waals surface area contributed by atoms with Crippen LogP contribution in [0, 0.1) is 0 Å². The number of nitrogens with zero attached hydrogens (tertiary/aromatic N) is 1. The van der Waals surface area contributed by atoms with E-state index in [-0.39, 0.29) is 5.91 Å². The number of carbonyl (C=O) groups excluding carboxylic acids is 1. The number of carbonyl (C=O) groups is 1. The Hall–Kier alpha value is -2.39. The number of halogens is 1. The first-order chi connectivity index (χ1) is 9.75. The quantitative estimate of drug-likeness (QED) is 0.521. The molecule has 20 heavy (non-hydrogen) atoms. The second-order valence-electron chi connectivity index (χ2n) is 4.00. The van der Waals surface area contributed by atoms with Gasteiger partial charge in [0.15, 0.2) is 0 Å². The lowest BCUT2D eigenvalue weighted by Gasteiger charge is -1.96. The minimum absolute atomic E-state index is 0.294. The van der Waals surface area contributed by atoms with Crippen molar-refractivity contribution in [1.29, 1.82) is 0 Å². The summed E-state index contributed by atoms with van der Waals surface area (Å²) in [6, 6.07) is 16.8. The van der Waals surface area contributed by atoms with E-state index in [2.05, 4.69) is 10.5 Å². The van der Waals surface area contributed by atoms with Gasteiger partial charge in [0, 0.05) is 16.7 Å². The molecule has 0 saturated carbocycles. The van der Waals surface area contributed by atoms with E-state index < -0.39 is 0 Å². The van der Waals surface area contributed by atoms with Gasteiger partial charge in [0.1, 0.15) is 0 Å². The summed E-state index contributed by atoms with van der Waals surface area (Å²) in [7, 11) is 0. The van der Waals surface area contributed by atoms with Crippen molar-refractivity contribution < 1.29 is 4.79 Å². The number of benzene rings is 2. The molecule has 0 fully saturated rings. The Labute approximate surface area is 122 Å². The first kappa shape index (κ1) is 14.0. The van der Waals surface area contributed by atoms with Gasteiger partial charge in [-0.05, 0) is 17.7 Å². The van der Waals surface area contributed by atoms with E-state index in [1.807, 2.05) is 48.5 Å². The smallest absolute Gasteiger partial charge is 0.264 e. The van der Waals surface area contributed by atoms with Crippen LogP contribution in [-0.4, -0.2) is 12.1 Å². The second kappa shape index (κ2) is 7.26. The third kappa shape index (κ3) is 4.37. The van der Waals surface area contributed by atoms with Gasteiger partial charge in [-0.25, -0.2) is 5.43 Å². The molecule has 3 nitrogen and oxygen atoms in total. The van der Waals surface area contributed by atoms with E-state index in [0.29, 0.717) is 5.02 Å².